The first kappa shape index (κ1) is 13.2. The summed E-state index contributed by atoms with van der Waals surface area (Å²) < 4.78 is 0. The molecule has 0 aliphatic carbocycles. The second kappa shape index (κ2) is 4.93. The quantitative estimate of drug-likeness (QED) is 0.735. The molecule has 1 aliphatic rings. The molecule has 4 N–H and O–H groups in total. The van der Waals surface area contributed by atoms with Gasteiger partial charge in [0.2, 0.25) is 0 Å². The van der Waals surface area contributed by atoms with Gasteiger partial charge in [-0.3, -0.25) is 4.79 Å². The number of hydrogen-bond acceptors (Lipinski definition) is 5. The Hall–Kier alpha value is -2.83. The van der Waals surface area contributed by atoms with E-state index in [4.69, 9.17) is 5.73 Å². The van der Waals surface area contributed by atoms with Crippen molar-refractivity contribution in [2.24, 2.45) is 0 Å². The number of nitrogens with zero attached hydrogens (tertiary/aromatic N) is 2. The molecular weight excluding hydrogens is 272 g/mol. The molecule has 7 heteroatoms. The number of nitrogens with one attached hydrogen (secondary N) is 1. The lowest BCUT2D eigenvalue weighted by molar-refractivity contribution is -0.138. The van der Waals surface area contributed by atoms with E-state index in [2.05, 4.69) is 9.97 Å². The summed E-state index contributed by atoms with van der Waals surface area (Å²) in [6.45, 7) is 0.355. The average molecular weight is 286 g/mol. The van der Waals surface area contributed by atoms with Crippen molar-refractivity contribution in [2.75, 3.05) is 10.6 Å². The van der Waals surface area contributed by atoms with Crippen molar-refractivity contribution < 1.29 is 9.90 Å². The Labute approximate surface area is 120 Å². The van der Waals surface area contributed by atoms with Crippen molar-refractivity contribution in [1.29, 1.82) is 0 Å². The third kappa shape index (κ3) is 2.22. The van der Waals surface area contributed by atoms with Crippen molar-refractivity contribution in [3.8, 4) is 0 Å². The third-order valence-corrected chi connectivity index (χ3v) is 3.67. The molecule has 0 fully saturated rings. The van der Waals surface area contributed by atoms with Gasteiger partial charge in [-0.15, -0.1) is 0 Å². The van der Waals surface area contributed by atoms with Gasteiger partial charge in [-0.1, -0.05) is 24.3 Å². The number of H-pyrrole nitrogens is 1. The molecule has 108 valence electrons. The summed E-state index contributed by atoms with van der Waals surface area (Å²) in [5.41, 5.74) is 7.22. The van der Waals surface area contributed by atoms with Crippen LogP contribution in [0.25, 0.3) is 0 Å². The highest BCUT2D eigenvalue weighted by molar-refractivity contribution is 5.80. The Balaban J connectivity index is 2.10. The van der Waals surface area contributed by atoms with E-state index in [0.29, 0.717) is 13.0 Å². The Morgan fingerprint density at radius 2 is 2.10 bits per heavy atom. The van der Waals surface area contributed by atoms with Gasteiger partial charge in [0.05, 0.1) is 6.33 Å². The molecule has 2 aromatic rings. The van der Waals surface area contributed by atoms with Crippen LogP contribution in [0.15, 0.2) is 35.4 Å². The van der Waals surface area contributed by atoms with Gasteiger partial charge in [0.25, 0.3) is 5.56 Å². The molecule has 0 saturated heterocycles. The van der Waals surface area contributed by atoms with Crippen LogP contribution in [0.4, 0.5) is 11.5 Å². The second-order valence-corrected chi connectivity index (χ2v) is 4.92. The summed E-state index contributed by atoms with van der Waals surface area (Å²) in [5, 5.41) is 9.46. The van der Waals surface area contributed by atoms with Crippen LogP contribution in [0.1, 0.15) is 11.1 Å². The van der Waals surface area contributed by atoms with Crippen LogP contribution in [0, 0.1) is 0 Å². The lowest BCUT2D eigenvalue weighted by Crippen LogP contribution is -2.46. The Kier molecular flexibility index (Phi) is 3.09. The van der Waals surface area contributed by atoms with Gasteiger partial charge in [0.1, 0.15) is 11.7 Å². The highest BCUT2D eigenvalue weighted by Gasteiger charge is 2.33. The number of benzene rings is 1. The predicted octanol–water partition coefficient (Wildman–Crippen LogP) is 0.368. The van der Waals surface area contributed by atoms with Crippen LogP contribution in [0.3, 0.4) is 0 Å². The highest BCUT2D eigenvalue weighted by atomic mass is 16.4. The van der Waals surface area contributed by atoms with Crippen molar-refractivity contribution in [3.05, 3.63) is 52.1 Å². The smallest absolute Gasteiger partial charge is 0.326 e. The van der Waals surface area contributed by atoms with Gasteiger partial charge in [0.15, 0.2) is 5.82 Å². The molecule has 2 heterocycles. The molecule has 7 nitrogen and oxygen atoms in total. The van der Waals surface area contributed by atoms with Crippen LogP contribution in [-0.2, 0) is 17.8 Å². The number of carbonyl (C=O) groups is 1. The molecule has 0 spiro atoms. The van der Waals surface area contributed by atoms with Crippen molar-refractivity contribution in [3.63, 3.8) is 0 Å². The van der Waals surface area contributed by atoms with E-state index in [9.17, 15) is 14.7 Å². The number of nitrogen functional groups attached to an aromatic ring is 1. The first-order valence-corrected chi connectivity index (χ1v) is 6.47. The lowest BCUT2D eigenvalue weighted by atomic mass is 9.94. The van der Waals surface area contributed by atoms with Crippen LogP contribution in [0.5, 0.6) is 0 Å². The Morgan fingerprint density at radius 1 is 1.38 bits per heavy atom. The van der Waals surface area contributed by atoms with Crippen LogP contribution < -0.4 is 16.2 Å². The maximum atomic E-state index is 11.6. The van der Waals surface area contributed by atoms with Crippen molar-refractivity contribution in [1.82, 2.24) is 9.97 Å². The molecule has 1 unspecified atom stereocenters. The van der Waals surface area contributed by atoms with E-state index in [0.717, 1.165) is 11.1 Å². The minimum absolute atomic E-state index is 0.0665. The SMILES string of the molecule is Nc1c(N2Cc3ccccc3CC2C(=O)O)nc[nH]c1=O. The van der Waals surface area contributed by atoms with E-state index in [1.165, 1.54) is 6.33 Å². The molecule has 0 amide bonds. The fourth-order valence-electron chi connectivity index (χ4n) is 2.60. The minimum Gasteiger partial charge on any atom is -0.480 e. The topological polar surface area (TPSA) is 112 Å². The summed E-state index contributed by atoms with van der Waals surface area (Å²) >= 11 is 0. The molecule has 0 saturated carbocycles. The van der Waals surface area contributed by atoms with E-state index in [1.54, 1.807) is 4.90 Å². The molecule has 21 heavy (non-hydrogen) atoms. The number of carboxylic acids is 1. The normalized spacial score (nSPS) is 17.3. The third-order valence-electron chi connectivity index (χ3n) is 3.67. The van der Waals surface area contributed by atoms with E-state index in [1.807, 2.05) is 24.3 Å². The fourth-order valence-corrected chi connectivity index (χ4v) is 2.60. The fraction of sp³-hybridized carbons (Fsp3) is 0.214. The largest absolute Gasteiger partial charge is 0.480 e. The summed E-state index contributed by atoms with van der Waals surface area (Å²) in [7, 11) is 0. The number of hydrogen-bond donors (Lipinski definition) is 3. The number of rotatable bonds is 2. The molecule has 0 radical (unpaired) electrons. The van der Waals surface area contributed by atoms with Gasteiger partial charge in [-0.05, 0) is 11.1 Å². The average Bonchev–Trinajstić information content (AvgIpc) is 2.48. The zero-order chi connectivity index (χ0) is 15.0. The summed E-state index contributed by atoms with van der Waals surface area (Å²) in [6.07, 6.45) is 1.58. The molecule has 3 rings (SSSR count). The standard InChI is InChI=1S/C14H14N4O3/c15-11-12(16-7-17-13(11)19)18-6-9-4-2-1-3-8(9)5-10(18)14(20)21/h1-4,7,10H,5-6,15H2,(H,20,21)(H,16,17,19). The van der Waals surface area contributed by atoms with Crippen LogP contribution in [-0.4, -0.2) is 27.1 Å². The number of aliphatic carboxylic acids is 1. The van der Waals surface area contributed by atoms with Crippen molar-refractivity contribution in [2.45, 2.75) is 19.0 Å². The molecule has 1 atom stereocenters. The number of fused-ring (bicyclic) bond motifs is 1. The van der Waals surface area contributed by atoms with Gasteiger partial charge >= 0.3 is 5.97 Å². The lowest BCUT2D eigenvalue weighted by Gasteiger charge is -2.35. The number of aromatic nitrogens is 2. The summed E-state index contributed by atoms with van der Waals surface area (Å²) in [4.78, 5) is 31.1. The maximum Gasteiger partial charge on any atom is 0.326 e. The van der Waals surface area contributed by atoms with Gasteiger partial charge in [0, 0.05) is 13.0 Å². The zero-order valence-electron chi connectivity index (χ0n) is 11.1. The highest BCUT2D eigenvalue weighted by Crippen LogP contribution is 2.29. The Bertz CT molecular complexity index is 756. The Morgan fingerprint density at radius 3 is 2.81 bits per heavy atom. The second-order valence-electron chi connectivity index (χ2n) is 4.92. The molecular formula is C14H14N4O3. The van der Waals surface area contributed by atoms with Gasteiger partial charge in [-0.2, -0.15) is 0 Å². The maximum absolute atomic E-state index is 11.6. The molecule has 1 aromatic carbocycles. The summed E-state index contributed by atoms with van der Waals surface area (Å²) in [6, 6.07) is 6.83. The van der Waals surface area contributed by atoms with Crippen molar-refractivity contribution >= 4 is 17.5 Å². The zero-order valence-corrected chi connectivity index (χ0v) is 11.1. The van der Waals surface area contributed by atoms with E-state index in [-0.39, 0.29) is 11.5 Å². The number of nitrogens with two attached hydrogens (primary N) is 1. The molecule has 0 bridgehead atoms. The van der Waals surface area contributed by atoms with Gasteiger partial charge in [-0.25, -0.2) is 9.78 Å². The van der Waals surface area contributed by atoms with E-state index >= 15 is 0 Å². The van der Waals surface area contributed by atoms with E-state index < -0.39 is 17.6 Å². The van der Waals surface area contributed by atoms with Crippen LogP contribution >= 0.6 is 0 Å². The molecule has 1 aromatic heterocycles. The number of carboxylic acid groups (broad SMARTS) is 1. The molecule has 1 aliphatic heterocycles. The minimum atomic E-state index is -0.967. The number of aromatic amines is 1. The number of anilines is 2. The first-order chi connectivity index (χ1) is 10.1. The van der Waals surface area contributed by atoms with Gasteiger partial charge < -0.3 is 20.7 Å². The monoisotopic (exact) mass is 286 g/mol. The first-order valence-electron chi connectivity index (χ1n) is 6.47. The summed E-state index contributed by atoms with van der Waals surface area (Å²) in [5.74, 6) is -0.758. The predicted molar refractivity (Wildman–Crippen MR) is 77.0 cm³/mol. The van der Waals surface area contributed by atoms with Crippen LogP contribution in [0.2, 0.25) is 0 Å².